The van der Waals surface area contributed by atoms with Gasteiger partial charge in [-0.1, -0.05) is 6.07 Å². The van der Waals surface area contributed by atoms with Crippen LogP contribution in [0, 0.1) is 5.82 Å². The molecule has 0 bridgehead atoms. The highest BCUT2D eigenvalue weighted by atomic mass is 35.5. The second-order valence-corrected chi connectivity index (χ2v) is 3.40. The van der Waals surface area contributed by atoms with Gasteiger partial charge >= 0.3 is 0 Å². The van der Waals surface area contributed by atoms with E-state index in [2.05, 4.69) is 12.2 Å². The van der Waals surface area contributed by atoms with E-state index < -0.39 is 0 Å². The number of halogens is 2. The summed E-state index contributed by atoms with van der Waals surface area (Å²) >= 11 is 0. The number of fused-ring (bicyclic) bond motifs is 1. The van der Waals surface area contributed by atoms with E-state index in [4.69, 9.17) is 0 Å². The largest absolute Gasteiger partial charge is 0.310 e. The molecule has 0 saturated heterocycles. The van der Waals surface area contributed by atoms with E-state index in [-0.39, 0.29) is 18.2 Å². The van der Waals surface area contributed by atoms with Gasteiger partial charge in [-0.2, -0.15) is 0 Å². The Balaban J connectivity index is 0.000000845. The Kier molecular flexibility index (Phi) is 3.28. The van der Waals surface area contributed by atoms with Crippen molar-refractivity contribution in [1.29, 1.82) is 0 Å². The highest BCUT2D eigenvalue weighted by Crippen LogP contribution is 2.17. The maximum absolute atomic E-state index is 12.8. The van der Waals surface area contributed by atoms with E-state index in [1.807, 2.05) is 6.07 Å². The summed E-state index contributed by atoms with van der Waals surface area (Å²) in [5.74, 6) is -0.134. The maximum Gasteiger partial charge on any atom is 0.123 e. The molecule has 1 nitrogen and oxygen atoms in total. The third kappa shape index (κ3) is 2.20. The first kappa shape index (κ1) is 10.5. The first-order valence-electron chi connectivity index (χ1n) is 4.26. The SMILES string of the molecule is CC1Cc2ccc(F)cc2CN1.Cl. The van der Waals surface area contributed by atoms with Crippen molar-refractivity contribution in [3.63, 3.8) is 0 Å². The fourth-order valence-corrected chi connectivity index (χ4v) is 1.64. The average Bonchev–Trinajstić information content (AvgIpc) is 2.05. The number of hydrogen-bond donors (Lipinski definition) is 1. The van der Waals surface area contributed by atoms with Crippen LogP contribution in [0.25, 0.3) is 0 Å². The summed E-state index contributed by atoms with van der Waals surface area (Å²) in [5.41, 5.74) is 2.38. The summed E-state index contributed by atoms with van der Waals surface area (Å²) in [4.78, 5) is 0. The Bertz CT molecular complexity index is 301. The molecule has 1 aromatic rings. The van der Waals surface area contributed by atoms with Crippen molar-refractivity contribution < 1.29 is 4.39 Å². The Labute approximate surface area is 83.8 Å². The number of hydrogen-bond acceptors (Lipinski definition) is 1. The van der Waals surface area contributed by atoms with Crippen molar-refractivity contribution in [3.05, 3.63) is 35.1 Å². The van der Waals surface area contributed by atoms with Crippen LogP contribution >= 0.6 is 12.4 Å². The number of nitrogens with one attached hydrogen (secondary N) is 1. The molecule has 1 aromatic carbocycles. The van der Waals surface area contributed by atoms with Crippen molar-refractivity contribution in [3.8, 4) is 0 Å². The molecule has 0 fully saturated rings. The van der Waals surface area contributed by atoms with Crippen molar-refractivity contribution in [1.82, 2.24) is 5.32 Å². The van der Waals surface area contributed by atoms with Crippen LogP contribution in [-0.2, 0) is 13.0 Å². The molecule has 0 aromatic heterocycles. The molecular formula is C10H13ClFN. The lowest BCUT2D eigenvalue weighted by molar-refractivity contribution is 0.509. The Morgan fingerprint density at radius 3 is 2.92 bits per heavy atom. The van der Waals surface area contributed by atoms with Crippen molar-refractivity contribution >= 4 is 12.4 Å². The van der Waals surface area contributed by atoms with Crippen molar-refractivity contribution in [2.75, 3.05) is 0 Å². The van der Waals surface area contributed by atoms with Gasteiger partial charge in [-0.25, -0.2) is 4.39 Å². The van der Waals surface area contributed by atoms with Gasteiger partial charge in [0.1, 0.15) is 5.82 Å². The molecule has 0 amide bonds. The normalized spacial score (nSPS) is 20.3. The highest BCUT2D eigenvalue weighted by Gasteiger charge is 2.13. The zero-order valence-corrected chi connectivity index (χ0v) is 8.33. The van der Waals surface area contributed by atoms with Crippen molar-refractivity contribution in [2.45, 2.75) is 25.9 Å². The van der Waals surface area contributed by atoms with Crippen LogP contribution in [0.3, 0.4) is 0 Å². The van der Waals surface area contributed by atoms with Gasteiger partial charge in [0, 0.05) is 12.6 Å². The summed E-state index contributed by atoms with van der Waals surface area (Å²) in [7, 11) is 0. The van der Waals surface area contributed by atoms with E-state index in [1.54, 1.807) is 6.07 Å². The molecule has 0 aliphatic carbocycles. The van der Waals surface area contributed by atoms with Gasteiger partial charge in [0.05, 0.1) is 0 Å². The van der Waals surface area contributed by atoms with Crippen LogP contribution in [0.15, 0.2) is 18.2 Å². The standard InChI is InChI=1S/C10H12FN.ClH/c1-7-4-8-2-3-10(11)5-9(8)6-12-7;/h2-3,5,7,12H,4,6H2,1H3;1H. The first-order chi connectivity index (χ1) is 5.75. The summed E-state index contributed by atoms with van der Waals surface area (Å²) in [6.07, 6.45) is 1.01. The molecule has 0 saturated carbocycles. The third-order valence-electron chi connectivity index (χ3n) is 2.34. The second kappa shape index (κ2) is 4.07. The van der Waals surface area contributed by atoms with Crippen LogP contribution in [0.5, 0.6) is 0 Å². The zero-order valence-electron chi connectivity index (χ0n) is 7.51. The molecule has 3 heteroatoms. The van der Waals surface area contributed by atoms with Gasteiger partial charge in [0.15, 0.2) is 0 Å². The third-order valence-corrected chi connectivity index (χ3v) is 2.34. The maximum atomic E-state index is 12.8. The van der Waals surface area contributed by atoms with Gasteiger partial charge in [0.25, 0.3) is 0 Å². The molecule has 1 heterocycles. The lowest BCUT2D eigenvalue weighted by Crippen LogP contribution is -2.32. The van der Waals surface area contributed by atoms with E-state index in [0.717, 1.165) is 18.5 Å². The zero-order chi connectivity index (χ0) is 8.55. The predicted molar refractivity (Wildman–Crippen MR) is 53.7 cm³/mol. The summed E-state index contributed by atoms with van der Waals surface area (Å²) < 4.78 is 12.8. The molecule has 13 heavy (non-hydrogen) atoms. The topological polar surface area (TPSA) is 12.0 Å². The fourth-order valence-electron chi connectivity index (χ4n) is 1.64. The minimum Gasteiger partial charge on any atom is -0.310 e. The van der Waals surface area contributed by atoms with Gasteiger partial charge in [-0.05, 0) is 36.6 Å². The van der Waals surface area contributed by atoms with Gasteiger partial charge in [0.2, 0.25) is 0 Å². The number of rotatable bonds is 0. The highest BCUT2D eigenvalue weighted by molar-refractivity contribution is 5.85. The van der Waals surface area contributed by atoms with Crippen LogP contribution in [-0.4, -0.2) is 6.04 Å². The van der Waals surface area contributed by atoms with Crippen LogP contribution in [0.1, 0.15) is 18.1 Å². The van der Waals surface area contributed by atoms with Gasteiger partial charge in [-0.15, -0.1) is 12.4 Å². The molecule has 1 N–H and O–H groups in total. The Hall–Kier alpha value is -0.600. The Morgan fingerprint density at radius 2 is 2.15 bits per heavy atom. The van der Waals surface area contributed by atoms with E-state index >= 15 is 0 Å². The summed E-state index contributed by atoms with van der Waals surface area (Å²) in [5, 5.41) is 3.30. The Morgan fingerprint density at radius 1 is 1.38 bits per heavy atom. The molecule has 1 atom stereocenters. The molecule has 2 rings (SSSR count). The molecule has 72 valence electrons. The van der Waals surface area contributed by atoms with Gasteiger partial charge in [-0.3, -0.25) is 0 Å². The van der Waals surface area contributed by atoms with Crippen molar-refractivity contribution in [2.24, 2.45) is 0 Å². The molecule has 0 spiro atoms. The quantitative estimate of drug-likeness (QED) is 0.679. The lowest BCUT2D eigenvalue weighted by Gasteiger charge is -2.22. The minimum atomic E-state index is -0.134. The lowest BCUT2D eigenvalue weighted by atomic mass is 9.97. The van der Waals surface area contributed by atoms with E-state index in [9.17, 15) is 4.39 Å². The first-order valence-corrected chi connectivity index (χ1v) is 4.26. The number of benzene rings is 1. The van der Waals surface area contributed by atoms with Gasteiger partial charge < -0.3 is 5.32 Å². The van der Waals surface area contributed by atoms with E-state index in [1.165, 1.54) is 11.6 Å². The molecule has 0 radical (unpaired) electrons. The smallest absolute Gasteiger partial charge is 0.123 e. The molecule has 1 unspecified atom stereocenters. The van der Waals surface area contributed by atoms with E-state index in [0.29, 0.717) is 6.04 Å². The molecule has 1 aliphatic rings. The average molecular weight is 202 g/mol. The van der Waals surface area contributed by atoms with Crippen LogP contribution in [0.4, 0.5) is 4.39 Å². The minimum absolute atomic E-state index is 0. The van der Waals surface area contributed by atoms with Crippen LogP contribution < -0.4 is 5.32 Å². The second-order valence-electron chi connectivity index (χ2n) is 3.40. The van der Waals surface area contributed by atoms with Crippen LogP contribution in [0.2, 0.25) is 0 Å². The summed E-state index contributed by atoms with van der Waals surface area (Å²) in [6, 6.07) is 5.57. The molecule has 1 aliphatic heterocycles. The predicted octanol–water partition coefficient (Wildman–Crippen LogP) is 2.28. The summed E-state index contributed by atoms with van der Waals surface area (Å²) in [6.45, 7) is 2.94. The monoisotopic (exact) mass is 201 g/mol. The molecular weight excluding hydrogens is 189 g/mol. The fraction of sp³-hybridized carbons (Fsp3) is 0.400.